The highest BCUT2D eigenvalue weighted by Gasteiger charge is 2.44. The van der Waals surface area contributed by atoms with E-state index in [1.54, 1.807) is 12.1 Å². The van der Waals surface area contributed by atoms with E-state index in [-0.39, 0.29) is 29.7 Å². The van der Waals surface area contributed by atoms with Gasteiger partial charge >= 0.3 is 0 Å². The minimum atomic E-state index is -0.217. The summed E-state index contributed by atoms with van der Waals surface area (Å²) < 4.78 is 19.5. The van der Waals surface area contributed by atoms with Crippen molar-refractivity contribution in [1.29, 1.82) is 0 Å². The van der Waals surface area contributed by atoms with Crippen molar-refractivity contribution in [2.75, 3.05) is 13.2 Å². The van der Waals surface area contributed by atoms with Crippen LogP contribution in [0.15, 0.2) is 54.6 Å². The van der Waals surface area contributed by atoms with Crippen molar-refractivity contribution in [3.63, 3.8) is 0 Å². The lowest BCUT2D eigenvalue weighted by Gasteiger charge is -2.13. The second-order valence-electron chi connectivity index (χ2n) is 6.54. The number of hydrogen-bond donors (Lipinski definition) is 1. The largest absolute Gasteiger partial charge is 0.374 e. The first kappa shape index (κ1) is 17.6. The molecule has 0 spiro atoms. The third-order valence-corrected chi connectivity index (χ3v) is 4.69. The molecule has 1 amide bonds. The molecule has 0 aliphatic heterocycles. The van der Waals surface area contributed by atoms with E-state index < -0.39 is 0 Å². The number of carbonyl (C=O) groups is 1. The van der Waals surface area contributed by atoms with Crippen LogP contribution < -0.4 is 5.32 Å². The average molecular weight is 341 g/mol. The lowest BCUT2D eigenvalue weighted by molar-refractivity contribution is -0.122. The summed E-state index contributed by atoms with van der Waals surface area (Å²) in [7, 11) is 0. The molecule has 1 aliphatic rings. The second kappa shape index (κ2) is 8.26. The van der Waals surface area contributed by atoms with Crippen molar-refractivity contribution in [3.05, 3.63) is 71.5 Å². The quantitative estimate of drug-likeness (QED) is 0.730. The molecule has 3 rings (SSSR count). The van der Waals surface area contributed by atoms with Crippen LogP contribution in [0.3, 0.4) is 0 Å². The van der Waals surface area contributed by atoms with Gasteiger partial charge in [0.25, 0.3) is 0 Å². The minimum absolute atomic E-state index is 0.0179. The Morgan fingerprint density at radius 3 is 2.68 bits per heavy atom. The summed E-state index contributed by atoms with van der Waals surface area (Å²) in [5, 5.41) is 2.94. The van der Waals surface area contributed by atoms with Crippen molar-refractivity contribution in [3.8, 4) is 0 Å². The number of nitrogens with one attached hydrogen (secondary N) is 1. The Morgan fingerprint density at radius 1 is 1.20 bits per heavy atom. The van der Waals surface area contributed by atoms with E-state index in [0.717, 1.165) is 18.4 Å². The standard InChI is InChI=1S/C21H24FNO2/c1-15(16-8-3-2-4-9-16)25-13-7-12-23-21(24)19-14-18(19)17-10-5-6-11-20(17)22/h2-6,8-11,15,18-19H,7,12-14H2,1H3,(H,23,24). The molecule has 4 heteroatoms. The van der Waals surface area contributed by atoms with Crippen LogP contribution in [0.4, 0.5) is 4.39 Å². The molecule has 0 saturated heterocycles. The summed E-state index contributed by atoms with van der Waals surface area (Å²) in [6.07, 6.45) is 1.54. The van der Waals surface area contributed by atoms with Gasteiger partial charge in [0.05, 0.1) is 6.10 Å². The van der Waals surface area contributed by atoms with Gasteiger partial charge in [-0.15, -0.1) is 0 Å². The van der Waals surface area contributed by atoms with Gasteiger partial charge in [-0.1, -0.05) is 48.5 Å². The molecule has 1 N–H and O–H groups in total. The fraction of sp³-hybridized carbons (Fsp3) is 0.381. The summed E-state index contributed by atoms with van der Waals surface area (Å²) >= 11 is 0. The number of ether oxygens (including phenoxy) is 1. The molecule has 1 fully saturated rings. The van der Waals surface area contributed by atoms with E-state index in [0.29, 0.717) is 18.7 Å². The predicted molar refractivity (Wildman–Crippen MR) is 95.7 cm³/mol. The van der Waals surface area contributed by atoms with E-state index in [2.05, 4.69) is 5.32 Å². The molecule has 2 aromatic rings. The highest BCUT2D eigenvalue weighted by Crippen LogP contribution is 2.48. The monoisotopic (exact) mass is 341 g/mol. The zero-order valence-electron chi connectivity index (χ0n) is 14.5. The maximum Gasteiger partial charge on any atom is 0.223 e. The highest BCUT2D eigenvalue weighted by molar-refractivity contribution is 5.82. The van der Waals surface area contributed by atoms with E-state index >= 15 is 0 Å². The molecule has 0 bridgehead atoms. The van der Waals surface area contributed by atoms with E-state index in [4.69, 9.17) is 4.74 Å². The third-order valence-electron chi connectivity index (χ3n) is 4.69. The molecular formula is C21H24FNO2. The first-order chi connectivity index (χ1) is 12.2. The highest BCUT2D eigenvalue weighted by atomic mass is 19.1. The summed E-state index contributed by atoms with van der Waals surface area (Å²) in [4.78, 5) is 12.1. The van der Waals surface area contributed by atoms with Gasteiger partial charge in [-0.25, -0.2) is 4.39 Å². The molecule has 1 aliphatic carbocycles. The molecule has 3 unspecified atom stereocenters. The summed E-state index contributed by atoms with van der Waals surface area (Å²) in [5.74, 6) is -0.271. The number of rotatable bonds is 8. The molecular weight excluding hydrogens is 317 g/mol. The normalized spacial score (nSPS) is 20.1. The van der Waals surface area contributed by atoms with Crippen LogP contribution in [0.5, 0.6) is 0 Å². The predicted octanol–water partition coefficient (Wildman–Crippen LogP) is 4.21. The molecule has 25 heavy (non-hydrogen) atoms. The number of halogens is 1. The SMILES string of the molecule is CC(OCCCNC(=O)C1CC1c1ccccc1F)c1ccccc1. The zero-order chi connectivity index (χ0) is 17.6. The summed E-state index contributed by atoms with van der Waals surface area (Å²) in [6.45, 7) is 3.20. The van der Waals surface area contributed by atoms with Crippen molar-refractivity contribution in [2.45, 2.75) is 31.8 Å². The Balaban J connectivity index is 1.33. The average Bonchev–Trinajstić information content (AvgIpc) is 3.43. The van der Waals surface area contributed by atoms with Crippen LogP contribution in [-0.2, 0) is 9.53 Å². The van der Waals surface area contributed by atoms with Gasteiger partial charge in [-0.2, -0.15) is 0 Å². The van der Waals surface area contributed by atoms with Crippen LogP contribution in [0.1, 0.15) is 42.9 Å². The Kier molecular flexibility index (Phi) is 5.82. The van der Waals surface area contributed by atoms with E-state index in [1.165, 1.54) is 6.07 Å². The first-order valence-corrected chi connectivity index (χ1v) is 8.85. The van der Waals surface area contributed by atoms with Crippen molar-refractivity contribution in [2.24, 2.45) is 5.92 Å². The van der Waals surface area contributed by atoms with E-state index in [1.807, 2.05) is 43.3 Å². The van der Waals surface area contributed by atoms with Crippen molar-refractivity contribution in [1.82, 2.24) is 5.32 Å². The molecule has 0 radical (unpaired) electrons. The van der Waals surface area contributed by atoms with Gasteiger partial charge < -0.3 is 10.1 Å². The van der Waals surface area contributed by atoms with Gasteiger partial charge in [0, 0.05) is 19.1 Å². The third kappa shape index (κ3) is 4.67. The maximum absolute atomic E-state index is 13.7. The molecule has 2 aromatic carbocycles. The van der Waals surface area contributed by atoms with Crippen molar-refractivity contribution < 1.29 is 13.9 Å². The summed E-state index contributed by atoms with van der Waals surface area (Å²) in [6, 6.07) is 16.8. The van der Waals surface area contributed by atoms with Gasteiger partial charge in [-0.05, 0) is 42.9 Å². The molecule has 1 saturated carbocycles. The van der Waals surface area contributed by atoms with Crippen LogP contribution in [0.2, 0.25) is 0 Å². The van der Waals surface area contributed by atoms with Gasteiger partial charge in [-0.3, -0.25) is 4.79 Å². The van der Waals surface area contributed by atoms with Crippen LogP contribution in [0, 0.1) is 11.7 Å². The smallest absolute Gasteiger partial charge is 0.223 e. The molecule has 3 atom stereocenters. The fourth-order valence-electron chi connectivity index (χ4n) is 3.10. The Labute approximate surface area is 148 Å². The fourth-order valence-corrected chi connectivity index (χ4v) is 3.10. The Bertz CT molecular complexity index is 704. The zero-order valence-corrected chi connectivity index (χ0v) is 14.5. The molecule has 3 nitrogen and oxygen atoms in total. The topological polar surface area (TPSA) is 38.3 Å². The van der Waals surface area contributed by atoms with Crippen LogP contribution >= 0.6 is 0 Å². The second-order valence-corrected chi connectivity index (χ2v) is 6.54. The Hall–Kier alpha value is -2.20. The maximum atomic E-state index is 13.7. The van der Waals surface area contributed by atoms with E-state index in [9.17, 15) is 9.18 Å². The number of carbonyl (C=O) groups excluding carboxylic acids is 1. The number of benzene rings is 2. The first-order valence-electron chi connectivity index (χ1n) is 8.85. The lowest BCUT2D eigenvalue weighted by Crippen LogP contribution is -2.27. The Morgan fingerprint density at radius 2 is 1.92 bits per heavy atom. The minimum Gasteiger partial charge on any atom is -0.374 e. The van der Waals surface area contributed by atoms with Crippen LogP contribution in [0.25, 0.3) is 0 Å². The van der Waals surface area contributed by atoms with Crippen LogP contribution in [-0.4, -0.2) is 19.1 Å². The van der Waals surface area contributed by atoms with Gasteiger partial charge in [0.15, 0.2) is 0 Å². The summed E-state index contributed by atoms with van der Waals surface area (Å²) in [5.41, 5.74) is 1.81. The van der Waals surface area contributed by atoms with Gasteiger partial charge in [0.1, 0.15) is 5.82 Å². The lowest BCUT2D eigenvalue weighted by atomic mass is 10.1. The van der Waals surface area contributed by atoms with Gasteiger partial charge in [0.2, 0.25) is 5.91 Å². The molecule has 0 aromatic heterocycles. The molecule has 0 heterocycles. The number of amides is 1. The van der Waals surface area contributed by atoms with Crippen molar-refractivity contribution >= 4 is 5.91 Å². The molecule has 132 valence electrons. The number of hydrogen-bond acceptors (Lipinski definition) is 2.